The van der Waals surface area contributed by atoms with Crippen LogP contribution >= 0.6 is 12.2 Å². The number of thiocarbonyl (C=S) groups is 1. The van der Waals surface area contributed by atoms with Crippen LogP contribution in [0.3, 0.4) is 0 Å². The second-order valence-corrected chi connectivity index (χ2v) is 4.85. The third-order valence-corrected chi connectivity index (χ3v) is 3.23. The van der Waals surface area contributed by atoms with Gasteiger partial charge in [-0.2, -0.15) is 13.2 Å². The van der Waals surface area contributed by atoms with E-state index >= 15 is 0 Å². The molecule has 3 N–H and O–H groups in total. The fourth-order valence-electron chi connectivity index (χ4n) is 1.85. The molecule has 0 saturated carbocycles. The Kier molecular flexibility index (Phi) is 4.46. The molecule has 2 rings (SSSR count). The number of carbonyl (C=O) groups excluding carboxylic acids is 1. The number of para-hydroxylation sites is 1. The zero-order chi connectivity index (χ0) is 16.3. The van der Waals surface area contributed by atoms with Gasteiger partial charge < -0.3 is 11.1 Å². The van der Waals surface area contributed by atoms with Crippen LogP contribution in [0.2, 0.25) is 0 Å². The minimum Gasteiger partial charge on any atom is -0.366 e. The van der Waals surface area contributed by atoms with Crippen molar-refractivity contribution in [2.24, 2.45) is 5.73 Å². The summed E-state index contributed by atoms with van der Waals surface area (Å²) >= 11 is 5.10. The van der Waals surface area contributed by atoms with Crippen LogP contribution in [0, 0.1) is 0 Å². The lowest BCUT2D eigenvalue weighted by molar-refractivity contribution is -0.136. The van der Waals surface area contributed by atoms with E-state index in [2.05, 4.69) is 5.32 Å². The summed E-state index contributed by atoms with van der Waals surface area (Å²) in [5, 5.41) is 2.56. The van der Waals surface area contributed by atoms with Crippen LogP contribution in [0.5, 0.6) is 0 Å². The smallest absolute Gasteiger partial charge is 0.366 e. The molecular weight excluding hydrogens is 313 g/mol. The van der Waals surface area contributed by atoms with E-state index in [9.17, 15) is 18.0 Å². The number of anilines is 1. The molecule has 114 valence electrons. The second kappa shape index (κ2) is 6.15. The van der Waals surface area contributed by atoms with Gasteiger partial charge in [0.2, 0.25) is 5.91 Å². The zero-order valence-corrected chi connectivity index (χ0v) is 12.0. The maximum absolute atomic E-state index is 12.9. The van der Waals surface area contributed by atoms with Gasteiger partial charge in [-0.05, 0) is 24.3 Å². The number of benzene rings is 2. The van der Waals surface area contributed by atoms with Crippen molar-refractivity contribution in [1.29, 1.82) is 0 Å². The summed E-state index contributed by atoms with van der Waals surface area (Å²) in [7, 11) is 0. The Hall–Kier alpha value is -2.41. The number of primary amides is 1. The van der Waals surface area contributed by atoms with E-state index in [0.29, 0.717) is 5.56 Å². The summed E-state index contributed by atoms with van der Waals surface area (Å²) in [6.07, 6.45) is -4.49. The van der Waals surface area contributed by atoms with Crippen LogP contribution in [0.1, 0.15) is 21.5 Å². The lowest BCUT2D eigenvalue weighted by Gasteiger charge is -2.15. The van der Waals surface area contributed by atoms with Crippen LogP contribution in [0.25, 0.3) is 0 Å². The van der Waals surface area contributed by atoms with Crippen LogP contribution in [0.15, 0.2) is 48.5 Å². The van der Waals surface area contributed by atoms with E-state index in [1.807, 2.05) is 0 Å². The lowest BCUT2D eigenvalue weighted by Crippen LogP contribution is -2.17. The van der Waals surface area contributed by atoms with Crippen LogP contribution in [-0.2, 0) is 6.18 Å². The molecule has 0 heterocycles. The van der Waals surface area contributed by atoms with Crippen molar-refractivity contribution in [1.82, 2.24) is 0 Å². The number of hydrogen-bond acceptors (Lipinski definition) is 2. The molecule has 7 heteroatoms. The fraction of sp³-hybridized carbons (Fsp3) is 0.0667. The summed E-state index contributed by atoms with van der Waals surface area (Å²) in [5.74, 6) is -0.639. The quantitative estimate of drug-likeness (QED) is 0.848. The van der Waals surface area contributed by atoms with Crippen LogP contribution in [0.4, 0.5) is 18.9 Å². The maximum Gasteiger partial charge on any atom is 0.418 e. The molecule has 0 fully saturated rings. The molecule has 0 radical (unpaired) electrons. The van der Waals surface area contributed by atoms with Gasteiger partial charge in [0.15, 0.2) is 0 Å². The molecular formula is C15H11F3N2OS. The highest BCUT2D eigenvalue weighted by molar-refractivity contribution is 7.81. The molecule has 0 aromatic heterocycles. The van der Waals surface area contributed by atoms with Crippen molar-refractivity contribution < 1.29 is 18.0 Å². The number of rotatable bonds is 3. The van der Waals surface area contributed by atoms with Gasteiger partial charge in [-0.25, -0.2) is 0 Å². The van der Waals surface area contributed by atoms with Gasteiger partial charge in [0.05, 0.1) is 11.3 Å². The van der Waals surface area contributed by atoms with E-state index in [1.165, 1.54) is 30.3 Å². The minimum absolute atomic E-state index is 0.0693. The monoisotopic (exact) mass is 324 g/mol. The molecule has 3 nitrogen and oxygen atoms in total. The third kappa shape index (κ3) is 3.62. The van der Waals surface area contributed by atoms with Gasteiger partial charge in [0, 0.05) is 11.1 Å². The van der Waals surface area contributed by atoms with E-state index in [4.69, 9.17) is 18.0 Å². The molecule has 0 spiro atoms. The van der Waals surface area contributed by atoms with E-state index in [0.717, 1.165) is 6.07 Å². The predicted molar refractivity (Wildman–Crippen MR) is 81.7 cm³/mol. The molecule has 2 aromatic rings. The molecule has 1 amide bonds. The molecule has 0 saturated heterocycles. The summed E-state index contributed by atoms with van der Waals surface area (Å²) in [5.41, 5.74) is 4.83. The summed E-state index contributed by atoms with van der Waals surface area (Å²) in [6, 6.07) is 11.1. The van der Waals surface area contributed by atoms with Crippen molar-refractivity contribution in [3.05, 3.63) is 65.2 Å². The number of halogens is 3. The van der Waals surface area contributed by atoms with Gasteiger partial charge >= 0.3 is 6.18 Å². The highest BCUT2D eigenvalue weighted by Crippen LogP contribution is 2.34. The Balaban J connectivity index is 2.30. The van der Waals surface area contributed by atoms with Gasteiger partial charge in [0.25, 0.3) is 0 Å². The Morgan fingerprint density at radius 3 is 2.32 bits per heavy atom. The number of nitrogens with two attached hydrogens (primary N) is 1. The van der Waals surface area contributed by atoms with Gasteiger partial charge in [-0.3, -0.25) is 4.79 Å². The highest BCUT2D eigenvalue weighted by atomic mass is 32.1. The Labute approximate surface area is 129 Å². The first-order valence-electron chi connectivity index (χ1n) is 6.16. The van der Waals surface area contributed by atoms with E-state index in [-0.39, 0.29) is 16.2 Å². The van der Waals surface area contributed by atoms with E-state index in [1.54, 1.807) is 12.1 Å². The number of hydrogen-bond donors (Lipinski definition) is 2. The van der Waals surface area contributed by atoms with Crippen LogP contribution in [-0.4, -0.2) is 10.9 Å². The highest BCUT2D eigenvalue weighted by Gasteiger charge is 2.33. The third-order valence-electron chi connectivity index (χ3n) is 2.89. The SMILES string of the molecule is NC(=O)c1cccc(C(=S)Nc2ccccc2C(F)(F)F)c1. The van der Waals surface area contributed by atoms with Crippen molar-refractivity contribution >= 4 is 28.8 Å². The predicted octanol–water partition coefficient (Wildman–Crippen LogP) is 3.59. The first kappa shape index (κ1) is 16.0. The lowest BCUT2D eigenvalue weighted by atomic mass is 10.1. The fourth-order valence-corrected chi connectivity index (χ4v) is 2.08. The van der Waals surface area contributed by atoms with E-state index < -0.39 is 17.6 Å². The number of carbonyl (C=O) groups is 1. The number of alkyl halides is 3. The average Bonchev–Trinajstić information content (AvgIpc) is 2.46. The van der Waals surface area contributed by atoms with Gasteiger partial charge in [-0.1, -0.05) is 36.5 Å². The van der Waals surface area contributed by atoms with Crippen molar-refractivity contribution in [2.75, 3.05) is 5.32 Å². The summed E-state index contributed by atoms with van der Waals surface area (Å²) in [4.78, 5) is 11.2. The number of amides is 1. The van der Waals surface area contributed by atoms with Gasteiger partial charge in [0.1, 0.15) is 4.99 Å². The molecule has 0 unspecified atom stereocenters. The normalized spacial score (nSPS) is 11.0. The van der Waals surface area contributed by atoms with Gasteiger partial charge in [-0.15, -0.1) is 0 Å². The minimum atomic E-state index is -4.49. The van der Waals surface area contributed by atoms with Crippen LogP contribution < -0.4 is 11.1 Å². The Bertz CT molecular complexity index is 729. The molecule has 0 aliphatic heterocycles. The average molecular weight is 324 g/mol. The Morgan fingerprint density at radius 1 is 1.05 bits per heavy atom. The standard InChI is InChI=1S/C15H11F3N2OS/c16-15(17,18)11-6-1-2-7-12(11)20-14(22)10-5-3-4-9(8-10)13(19)21/h1-8H,(H2,19,21)(H,20,22). The molecule has 2 aromatic carbocycles. The largest absolute Gasteiger partial charge is 0.418 e. The maximum atomic E-state index is 12.9. The molecule has 0 aliphatic carbocycles. The molecule has 0 aliphatic rings. The summed E-state index contributed by atoms with van der Waals surface area (Å²) in [6.45, 7) is 0. The Morgan fingerprint density at radius 2 is 1.68 bits per heavy atom. The number of nitrogens with one attached hydrogen (secondary N) is 1. The van der Waals surface area contributed by atoms with Crippen molar-refractivity contribution in [2.45, 2.75) is 6.18 Å². The first-order valence-corrected chi connectivity index (χ1v) is 6.57. The second-order valence-electron chi connectivity index (χ2n) is 4.44. The topological polar surface area (TPSA) is 55.1 Å². The molecule has 22 heavy (non-hydrogen) atoms. The summed E-state index contributed by atoms with van der Waals surface area (Å²) < 4.78 is 38.8. The first-order chi connectivity index (χ1) is 10.3. The zero-order valence-electron chi connectivity index (χ0n) is 11.1. The molecule has 0 atom stereocenters. The van der Waals surface area contributed by atoms with Crippen molar-refractivity contribution in [3.8, 4) is 0 Å². The van der Waals surface area contributed by atoms with Crippen molar-refractivity contribution in [3.63, 3.8) is 0 Å². The molecule has 0 bridgehead atoms.